The maximum Gasteiger partial charge on any atom is 0.334 e. The molecule has 4 nitrogen and oxygen atoms in total. The summed E-state index contributed by atoms with van der Waals surface area (Å²) in [5, 5.41) is 0.440. The number of nitrogens with one attached hydrogen (secondary N) is 1. The summed E-state index contributed by atoms with van der Waals surface area (Å²) in [6.07, 6.45) is 1.25. The second-order valence-electron chi connectivity index (χ2n) is 4.57. The Hall–Kier alpha value is -1.52. The largest absolute Gasteiger partial charge is 0.334 e. The van der Waals surface area contributed by atoms with E-state index in [-0.39, 0.29) is 5.15 Å². The van der Waals surface area contributed by atoms with Crippen molar-refractivity contribution in [2.75, 3.05) is 0 Å². The van der Waals surface area contributed by atoms with Gasteiger partial charge in [0.15, 0.2) is 0 Å². The van der Waals surface area contributed by atoms with Crippen LogP contribution in [0.5, 0.6) is 0 Å². The number of benzene rings is 1. The molecule has 0 radical (unpaired) electrons. The van der Waals surface area contributed by atoms with Crippen molar-refractivity contribution < 1.29 is 0 Å². The third-order valence-electron chi connectivity index (χ3n) is 2.99. The first kappa shape index (κ1) is 14.9. The molecule has 2 aromatic rings. The predicted molar refractivity (Wildman–Crippen MR) is 81.4 cm³/mol. The lowest BCUT2D eigenvalue weighted by atomic mass is 10.2. The van der Waals surface area contributed by atoms with Crippen molar-refractivity contribution in [2.24, 2.45) is 0 Å². The van der Waals surface area contributed by atoms with Gasteiger partial charge in [-0.15, -0.1) is 0 Å². The highest BCUT2D eigenvalue weighted by Crippen LogP contribution is 2.20. The van der Waals surface area contributed by atoms with Crippen molar-refractivity contribution >= 4 is 23.2 Å². The molecule has 20 heavy (non-hydrogen) atoms. The number of aromatic nitrogens is 2. The molecule has 0 fully saturated rings. The monoisotopic (exact) mass is 312 g/mol. The van der Waals surface area contributed by atoms with Crippen molar-refractivity contribution in [3.05, 3.63) is 60.3 Å². The lowest BCUT2D eigenvalue weighted by Gasteiger charge is -2.10. The smallest absolute Gasteiger partial charge is 0.297 e. The van der Waals surface area contributed by atoms with Crippen LogP contribution in [-0.4, -0.2) is 9.55 Å². The molecule has 6 heteroatoms. The van der Waals surface area contributed by atoms with Crippen LogP contribution in [0.2, 0.25) is 10.2 Å². The molecule has 1 N–H and O–H groups in total. The van der Waals surface area contributed by atoms with Crippen LogP contribution in [0.1, 0.15) is 24.5 Å². The summed E-state index contributed by atoms with van der Waals surface area (Å²) in [7, 11) is 0. The van der Waals surface area contributed by atoms with Crippen LogP contribution < -0.4 is 11.2 Å². The standard InChI is InChI=1S/C14H14Cl2N2O2/c1-3-4-9-12(16)17-14(20)18(13(9)19)11-7-8(2)5-6-10(11)15/h5-7H,3-4H2,1-2H3,(H,17,20). The summed E-state index contributed by atoms with van der Waals surface area (Å²) in [5.41, 5.74) is 0.654. The van der Waals surface area contributed by atoms with Gasteiger partial charge < -0.3 is 0 Å². The van der Waals surface area contributed by atoms with Crippen LogP contribution in [-0.2, 0) is 6.42 Å². The zero-order chi connectivity index (χ0) is 14.9. The van der Waals surface area contributed by atoms with Gasteiger partial charge in [0.2, 0.25) is 0 Å². The van der Waals surface area contributed by atoms with Gasteiger partial charge in [-0.3, -0.25) is 9.78 Å². The predicted octanol–water partition coefficient (Wildman–Crippen LogP) is 3.09. The Morgan fingerprint density at radius 2 is 1.95 bits per heavy atom. The number of hydrogen-bond acceptors (Lipinski definition) is 2. The van der Waals surface area contributed by atoms with Crippen molar-refractivity contribution in [3.63, 3.8) is 0 Å². The quantitative estimate of drug-likeness (QED) is 0.885. The van der Waals surface area contributed by atoms with Gasteiger partial charge >= 0.3 is 5.69 Å². The van der Waals surface area contributed by atoms with E-state index in [0.29, 0.717) is 22.7 Å². The van der Waals surface area contributed by atoms with E-state index in [1.54, 1.807) is 12.1 Å². The maximum atomic E-state index is 12.5. The number of halogens is 2. The van der Waals surface area contributed by atoms with Gasteiger partial charge in [0.05, 0.1) is 16.3 Å². The Morgan fingerprint density at radius 3 is 2.60 bits per heavy atom. The summed E-state index contributed by atoms with van der Waals surface area (Å²) >= 11 is 12.0. The van der Waals surface area contributed by atoms with Gasteiger partial charge in [-0.2, -0.15) is 0 Å². The Labute approximate surface area is 126 Å². The average Bonchev–Trinajstić information content (AvgIpc) is 2.38. The first-order valence-electron chi connectivity index (χ1n) is 6.26. The zero-order valence-electron chi connectivity index (χ0n) is 11.2. The Balaban J connectivity index is 2.81. The lowest BCUT2D eigenvalue weighted by Crippen LogP contribution is -2.36. The molecule has 0 aliphatic carbocycles. The van der Waals surface area contributed by atoms with E-state index in [1.807, 2.05) is 19.9 Å². The fraction of sp³-hybridized carbons (Fsp3) is 0.286. The second-order valence-corrected chi connectivity index (χ2v) is 5.35. The highest BCUT2D eigenvalue weighted by molar-refractivity contribution is 6.32. The molecule has 2 rings (SSSR count). The minimum Gasteiger partial charge on any atom is -0.297 e. The molecule has 0 saturated carbocycles. The third kappa shape index (κ3) is 2.67. The van der Waals surface area contributed by atoms with E-state index in [2.05, 4.69) is 4.98 Å². The van der Waals surface area contributed by atoms with Crippen LogP contribution in [0.25, 0.3) is 5.69 Å². The molecule has 0 amide bonds. The molecule has 0 saturated heterocycles. The number of rotatable bonds is 3. The van der Waals surface area contributed by atoms with Gasteiger partial charge in [-0.25, -0.2) is 9.36 Å². The van der Waals surface area contributed by atoms with Crippen LogP contribution >= 0.6 is 23.2 Å². The second kappa shape index (κ2) is 5.85. The molecule has 1 heterocycles. The van der Waals surface area contributed by atoms with E-state index in [0.717, 1.165) is 16.6 Å². The summed E-state index contributed by atoms with van der Waals surface area (Å²) in [6, 6.07) is 5.17. The fourth-order valence-electron chi connectivity index (χ4n) is 2.03. The van der Waals surface area contributed by atoms with Gasteiger partial charge in [0.1, 0.15) is 5.15 Å². The Morgan fingerprint density at radius 1 is 1.25 bits per heavy atom. The summed E-state index contributed by atoms with van der Waals surface area (Å²) < 4.78 is 1.03. The van der Waals surface area contributed by atoms with E-state index in [4.69, 9.17) is 23.2 Å². The highest BCUT2D eigenvalue weighted by atomic mass is 35.5. The molecular formula is C14H14Cl2N2O2. The first-order valence-corrected chi connectivity index (χ1v) is 7.01. The number of aromatic amines is 1. The van der Waals surface area contributed by atoms with Gasteiger partial charge in [-0.1, -0.05) is 42.6 Å². The maximum absolute atomic E-state index is 12.5. The van der Waals surface area contributed by atoms with Crippen molar-refractivity contribution in [2.45, 2.75) is 26.7 Å². The van der Waals surface area contributed by atoms with Crippen LogP contribution in [0.3, 0.4) is 0 Å². The Bertz CT molecular complexity index is 763. The van der Waals surface area contributed by atoms with E-state index in [9.17, 15) is 9.59 Å². The SMILES string of the molecule is CCCc1c(Cl)[nH]c(=O)n(-c2cc(C)ccc2Cl)c1=O. The van der Waals surface area contributed by atoms with Crippen LogP contribution in [0.15, 0.2) is 27.8 Å². The summed E-state index contributed by atoms with van der Waals surface area (Å²) in [4.78, 5) is 27.0. The van der Waals surface area contributed by atoms with E-state index >= 15 is 0 Å². The van der Waals surface area contributed by atoms with Crippen molar-refractivity contribution in [3.8, 4) is 5.69 Å². The molecule has 0 aliphatic heterocycles. The molecule has 0 unspecified atom stereocenters. The summed E-state index contributed by atoms with van der Waals surface area (Å²) in [5.74, 6) is 0. The topological polar surface area (TPSA) is 54.9 Å². The molecule has 0 aliphatic rings. The molecule has 1 aromatic heterocycles. The number of hydrogen-bond donors (Lipinski definition) is 1. The minimum absolute atomic E-state index is 0.0990. The number of aryl methyl sites for hydroxylation is 1. The van der Waals surface area contributed by atoms with Gasteiger partial charge in [0.25, 0.3) is 5.56 Å². The van der Waals surface area contributed by atoms with Crippen molar-refractivity contribution in [1.82, 2.24) is 9.55 Å². The van der Waals surface area contributed by atoms with Crippen LogP contribution in [0, 0.1) is 6.92 Å². The van der Waals surface area contributed by atoms with Crippen molar-refractivity contribution in [1.29, 1.82) is 0 Å². The molecule has 0 atom stereocenters. The normalized spacial score (nSPS) is 10.8. The minimum atomic E-state index is -0.590. The number of nitrogens with zero attached hydrogens (tertiary/aromatic N) is 1. The molecule has 0 bridgehead atoms. The molecule has 106 valence electrons. The average molecular weight is 313 g/mol. The number of H-pyrrole nitrogens is 1. The molecule has 0 spiro atoms. The van der Waals surface area contributed by atoms with E-state index < -0.39 is 11.2 Å². The lowest BCUT2D eigenvalue weighted by molar-refractivity contribution is 0.811. The highest BCUT2D eigenvalue weighted by Gasteiger charge is 2.15. The fourth-order valence-corrected chi connectivity index (χ4v) is 2.48. The summed E-state index contributed by atoms with van der Waals surface area (Å²) in [6.45, 7) is 3.80. The zero-order valence-corrected chi connectivity index (χ0v) is 12.7. The molecule has 1 aromatic carbocycles. The van der Waals surface area contributed by atoms with Gasteiger partial charge in [0, 0.05) is 0 Å². The molecular weight excluding hydrogens is 299 g/mol. The van der Waals surface area contributed by atoms with Crippen LogP contribution in [0.4, 0.5) is 0 Å². The van der Waals surface area contributed by atoms with Gasteiger partial charge in [-0.05, 0) is 31.0 Å². The Kier molecular flexibility index (Phi) is 4.35. The third-order valence-corrected chi connectivity index (χ3v) is 3.63. The van der Waals surface area contributed by atoms with E-state index in [1.165, 1.54) is 0 Å². The first-order chi connectivity index (χ1) is 9.45.